The van der Waals surface area contributed by atoms with Crippen molar-refractivity contribution in [3.8, 4) is 0 Å². The molecule has 1 fully saturated rings. The second-order valence-corrected chi connectivity index (χ2v) is 8.00. The van der Waals surface area contributed by atoms with Crippen LogP contribution in [0.25, 0.3) is 5.57 Å². The largest absolute Gasteiger partial charge is 0.364 e. The first-order valence-corrected chi connectivity index (χ1v) is 10.1. The number of hydrogen-bond acceptors (Lipinski definition) is 4. The third kappa shape index (κ3) is 3.70. The van der Waals surface area contributed by atoms with E-state index in [-0.39, 0.29) is 11.8 Å². The summed E-state index contributed by atoms with van der Waals surface area (Å²) in [6, 6.07) is 15.7. The summed E-state index contributed by atoms with van der Waals surface area (Å²) < 4.78 is 0. The maximum absolute atomic E-state index is 13.4. The Morgan fingerprint density at radius 1 is 0.828 bits per heavy atom. The molecule has 2 aliphatic rings. The Hall–Kier alpha value is -2.92. The highest BCUT2D eigenvalue weighted by molar-refractivity contribution is 6.35. The quantitative estimate of drug-likeness (QED) is 0.755. The van der Waals surface area contributed by atoms with Crippen molar-refractivity contribution >= 4 is 17.4 Å². The standard InChI is InChI=1S/C24H27N3O2/c1-17-9-10-20(15-18(17)2)21-22(26-13-11-25(3)12-14-26)24(29)27(23(21)28)16-19-7-5-4-6-8-19/h4-10,15H,11-14,16H2,1-3H3. The van der Waals surface area contributed by atoms with E-state index in [1.165, 1.54) is 10.5 Å². The summed E-state index contributed by atoms with van der Waals surface area (Å²) in [6.45, 7) is 7.64. The van der Waals surface area contributed by atoms with Crippen LogP contribution in [0.3, 0.4) is 0 Å². The highest BCUT2D eigenvalue weighted by Gasteiger charge is 2.42. The molecule has 29 heavy (non-hydrogen) atoms. The number of benzene rings is 2. The molecular formula is C24H27N3O2. The first-order valence-electron chi connectivity index (χ1n) is 10.1. The van der Waals surface area contributed by atoms with Crippen molar-refractivity contribution in [2.24, 2.45) is 0 Å². The molecule has 0 N–H and O–H groups in total. The van der Waals surface area contributed by atoms with Crippen molar-refractivity contribution in [3.63, 3.8) is 0 Å². The molecule has 2 aromatic rings. The predicted octanol–water partition coefficient (Wildman–Crippen LogP) is 2.83. The van der Waals surface area contributed by atoms with Crippen LogP contribution in [-0.4, -0.2) is 59.7 Å². The van der Waals surface area contributed by atoms with Gasteiger partial charge in [-0.25, -0.2) is 0 Å². The molecule has 0 atom stereocenters. The van der Waals surface area contributed by atoms with E-state index in [9.17, 15) is 9.59 Å². The molecule has 0 aliphatic carbocycles. The third-order valence-corrected chi connectivity index (χ3v) is 5.94. The summed E-state index contributed by atoms with van der Waals surface area (Å²) >= 11 is 0. The van der Waals surface area contributed by atoms with Gasteiger partial charge in [0.15, 0.2) is 0 Å². The Balaban J connectivity index is 1.75. The van der Waals surface area contributed by atoms with Gasteiger partial charge in [0, 0.05) is 26.2 Å². The van der Waals surface area contributed by atoms with Gasteiger partial charge in [0.25, 0.3) is 11.8 Å². The van der Waals surface area contributed by atoms with E-state index in [0.29, 0.717) is 17.8 Å². The number of likely N-dealkylation sites (N-methyl/N-ethyl adjacent to an activating group) is 1. The molecule has 1 saturated heterocycles. The van der Waals surface area contributed by atoms with E-state index < -0.39 is 0 Å². The minimum atomic E-state index is -0.198. The fraction of sp³-hybridized carbons (Fsp3) is 0.333. The topological polar surface area (TPSA) is 43.9 Å². The van der Waals surface area contributed by atoms with E-state index in [0.717, 1.165) is 42.9 Å². The molecule has 5 nitrogen and oxygen atoms in total. The van der Waals surface area contributed by atoms with Crippen LogP contribution in [0.1, 0.15) is 22.3 Å². The van der Waals surface area contributed by atoms with Crippen molar-refractivity contribution < 1.29 is 9.59 Å². The number of carbonyl (C=O) groups is 2. The zero-order chi connectivity index (χ0) is 20.5. The summed E-state index contributed by atoms with van der Waals surface area (Å²) in [5.74, 6) is -0.382. The Labute approximate surface area is 172 Å². The van der Waals surface area contributed by atoms with Crippen LogP contribution in [0.4, 0.5) is 0 Å². The summed E-state index contributed by atoms with van der Waals surface area (Å²) in [4.78, 5) is 32.6. The third-order valence-electron chi connectivity index (χ3n) is 5.94. The Bertz CT molecular complexity index is 973. The lowest BCUT2D eigenvalue weighted by Gasteiger charge is -2.34. The molecule has 2 aromatic carbocycles. The number of hydrogen-bond donors (Lipinski definition) is 0. The fourth-order valence-electron chi connectivity index (χ4n) is 3.95. The molecule has 0 saturated carbocycles. The number of nitrogens with zero attached hydrogens (tertiary/aromatic N) is 3. The van der Waals surface area contributed by atoms with Crippen molar-refractivity contribution in [3.05, 3.63) is 76.5 Å². The molecule has 150 valence electrons. The van der Waals surface area contributed by atoms with E-state index in [1.807, 2.05) is 55.5 Å². The SMILES string of the molecule is Cc1ccc(C2=C(N3CCN(C)CC3)C(=O)N(Cc3ccccc3)C2=O)cc1C. The summed E-state index contributed by atoms with van der Waals surface area (Å²) in [6.07, 6.45) is 0. The van der Waals surface area contributed by atoms with E-state index in [2.05, 4.69) is 23.8 Å². The lowest BCUT2D eigenvalue weighted by molar-refractivity contribution is -0.138. The van der Waals surface area contributed by atoms with Crippen LogP contribution in [0.15, 0.2) is 54.2 Å². The normalized spacial score (nSPS) is 18.2. The molecule has 0 unspecified atom stereocenters. The minimum absolute atomic E-state index is 0.184. The van der Waals surface area contributed by atoms with Gasteiger partial charge >= 0.3 is 0 Å². The molecule has 0 aromatic heterocycles. The van der Waals surface area contributed by atoms with Crippen LogP contribution in [0.2, 0.25) is 0 Å². The molecular weight excluding hydrogens is 362 g/mol. The lowest BCUT2D eigenvalue weighted by atomic mass is 9.99. The van der Waals surface area contributed by atoms with Crippen LogP contribution < -0.4 is 0 Å². The van der Waals surface area contributed by atoms with Gasteiger partial charge in [-0.1, -0.05) is 48.5 Å². The van der Waals surface area contributed by atoms with Crippen LogP contribution in [-0.2, 0) is 16.1 Å². The van der Waals surface area contributed by atoms with E-state index in [1.54, 1.807) is 0 Å². The minimum Gasteiger partial charge on any atom is -0.364 e. The van der Waals surface area contributed by atoms with Gasteiger partial charge < -0.3 is 9.80 Å². The van der Waals surface area contributed by atoms with E-state index in [4.69, 9.17) is 0 Å². The number of rotatable bonds is 4. The summed E-state index contributed by atoms with van der Waals surface area (Å²) in [5.41, 5.74) is 5.17. The van der Waals surface area contributed by atoms with Crippen LogP contribution >= 0.6 is 0 Å². The Morgan fingerprint density at radius 3 is 2.17 bits per heavy atom. The van der Waals surface area contributed by atoms with Gasteiger partial charge in [-0.2, -0.15) is 0 Å². The Kier molecular flexibility index (Phi) is 5.24. The smallest absolute Gasteiger partial charge is 0.278 e. The van der Waals surface area contributed by atoms with Crippen molar-refractivity contribution in [2.75, 3.05) is 33.2 Å². The second kappa shape index (κ2) is 7.84. The second-order valence-electron chi connectivity index (χ2n) is 8.00. The predicted molar refractivity (Wildman–Crippen MR) is 114 cm³/mol. The molecule has 2 heterocycles. The molecule has 2 amide bonds. The van der Waals surface area contributed by atoms with Gasteiger partial charge in [0.1, 0.15) is 5.70 Å². The number of piperazine rings is 1. The molecule has 0 spiro atoms. The number of amides is 2. The van der Waals surface area contributed by atoms with Gasteiger partial charge in [0.05, 0.1) is 12.1 Å². The fourth-order valence-corrected chi connectivity index (χ4v) is 3.95. The molecule has 5 heteroatoms. The monoisotopic (exact) mass is 389 g/mol. The van der Waals surface area contributed by atoms with Crippen LogP contribution in [0.5, 0.6) is 0 Å². The summed E-state index contributed by atoms with van der Waals surface area (Å²) in [5, 5.41) is 0. The van der Waals surface area contributed by atoms with Crippen molar-refractivity contribution in [1.82, 2.24) is 14.7 Å². The highest BCUT2D eigenvalue weighted by atomic mass is 16.2. The Morgan fingerprint density at radius 2 is 1.52 bits per heavy atom. The van der Waals surface area contributed by atoms with Crippen molar-refractivity contribution in [2.45, 2.75) is 20.4 Å². The van der Waals surface area contributed by atoms with Gasteiger partial charge in [-0.15, -0.1) is 0 Å². The molecule has 0 bridgehead atoms. The van der Waals surface area contributed by atoms with Gasteiger partial charge in [-0.05, 0) is 43.1 Å². The number of imide groups is 1. The van der Waals surface area contributed by atoms with Crippen molar-refractivity contribution in [1.29, 1.82) is 0 Å². The molecule has 4 rings (SSSR count). The van der Waals surface area contributed by atoms with Gasteiger partial charge in [-0.3, -0.25) is 14.5 Å². The lowest BCUT2D eigenvalue weighted by Crippen LogP contribution is -2.46. The highest BCUT2D eigenvalue weighted by Crippen LogP contribution is 2.33. The number of aryl methyl sites for hydroxylation is 2. The van der Waals surface area contributed by atoms with Crippen LogP contribution in [0, 0.1) is 13.8 Å². The number of carbonyl (C=O) groups excluding carboxylic acids is 2. The average molecular weight is 389 g/mol. The van der Waals surface area contributed by atoms with Gasteiger partial charge in [0.2, 0.25) is 0 Å². The molecule has 2 aliphatic heterocycles. The first-order chi connectivity index (χ1) is 14.0. The van der Waals surface area contributed by atoms with E-state index >= 15 is 0 Å². The zero-order valence-electron chi connectivity index (χ0n) is 17.3. The maximum atomic E-state index is 13.4. The molecule has 0 radical (unpaired) electrons. The zero-order valence-corrected chi connectivity index (χ0v) is 17.3. The maximum Gasteiger partial charge on any atom is 0.278 e. The summed E-state index contributed by atoms with van der Waals surface area (Å²) in [7, 11) is 2.08. The average Bonchev–Trinajstić information content (AvgIpc) is 2.96. The first kappa shape index (κ1) is 19.4.